The third-order valence-corrected chi connectivity index (χ3v) is 4.51. The van der Waals surface area contributed by atoms with Gasteiger partial charge in [-0.05, 0) is 23.8 Å². The Hall–Kier alpha value is -3.29. The number of aromatic nitrogens is 5. The van der Waals surface area contributed by atoms with Gasteiger partial charge >= 0.3 is 0 Å². The molecule has 0 spiro atoms. The van der Waals surface area contributed by atoms with E-state index in [0.717, 1.165) is 22.6 Å². The second kappa shape index (κ2) is 6.55. The second-order valence-corrected chi connectivity index (χ2v) is 6.44. The van der Waals surface area contributed by atoms with Crippen molar-refractivity contribution >= 4 is 11.7 Å². The van der Waals surface area contributed by atoms with E-state index < -0.39 is 0 Å². The maximum absolute atomic E-state index is 13.1. The van der Waals surface area contributed by atoms with Gasteiger partial charge in [-0.25, -0.2) is 0 Å². The molecule has 8 nitrogen and oxygen atoms in total. The summed E-state index contributed by atoms with van der Waals surface area (Å²) in [5.41, 5.74) is 4.16. The fourth-order valence-corrected chi connectivity index (χ4v) is 3.07. The Kier molecular flexibility index (Phi) is 4.08. The summed E-state index contributed by atoms with van der Waals surface area (Å²) in [6.07, 6.45) is 5.68. The molecule has 3 aromatic rings. The summed E-state index contributed by atoms with van der Waals surface area (Å²) in [4.78, 5) is 20.8. The summed E-state index contributed by atoms with van der Waals surface area (Å²) in [5.74, 6) is 0.748. The molecule has 0 radical (unpaired) electrons. The van der Waals surface area contributed by atoms with Crippen molar-refractivity contribution in [3.05, 3.63) is 53.6 Å². The smallest absolute Gasteiger partial charge is 0.258 e. The number of pyridine rings is 1. The van der Waals surface area contributed by atoms with Gasteiger partial charge in [0.25, 0.3) is 5.91 Å². The Balaban J connectivity index is 1.61. The van der Waals surface area contributed by atoms with Gasteiger partial charge in [0.15, 0.2) is 5.82 Å². The standard InChI is InChI=1S/C18H19N7O/c1-24(2)16-9-13-11-25(8-5-15(13)21-22-16)18(26)14-10-20-23-17(14)12-3-6-19-7-4-12/h3-4,6-7,9-10H,5,8,11H2,1-2H3,(H,20,23). The lowest BCUT2D eigenvalue weighted by Crippen LogP contribution is -2.36. The van der Waals surface area contributed by atoms with Crippen LogP contribution in [-0.4, -0.2) is 56.8 Å². The van der Waals surface area contributed by atoms with Gasteiger partial charge in [-0.1, -0.05) is 0 Å². The van der Waals surface area contributed by atoms with Crippen LogP contribution in [0.15, 0.2) is 36.8 Å². The van der Waals surface area contributed by atoms with Crippen LogP contribution < -0.4 is 4.90 Å². The Morgan fingerprint density at radius 3 is 2.81 bits per heavy atom. The largest absolute Gasteiger partial charge is 0.361 e. The lowest BCUT2D eigenvalue weighted by atomic mass is 10.0. The molecule has 0 atom stereocenters. The highest BCUT2D eigenvalue weighted by Gasteiger charge is 2.26. The molecule has 3 aromatic heterocycles. The van der Waals surface area contributed by atoms with E-state index in [1.807, 2.05) is 42.1 Å². The lowest BCUT2D eigenvalue weighted by Gasteiger charge is -2.28. The highest BCUT2D eigenvalue weighted by Crippen LogP contribution is 2.25. The van der Waals surface area contributed by atoms with Gasteiger partial charge in [0.2, 0.25) is 0 Å². The van der Waals surface area contributed by atoms with Crippen molar-refractivity contribution in [2.75, 3.05) is 25.5 Å². The highest BCUT2D eigenvalue weighted by molar-refractivity contribution is 5.99. The van der Waals surface area contributed by atoms with Gasteiger partial charge < -0.3 is 9.80 Å². The number of rotatable bonds is 3. The van der Waals surface area contributed by atoms with E-state index >= 15 is 0 Å². The maximum Gasteiger partial charge on any atom is 0.258 e. The maximum atomic E-state index is 13.1. The van der Waals surface area contributed by atoms with Crippen LogP contribution in [0.4, 0.5) is 5.82 Å². The molecule has 8 heteroatoms. The summed E-state index contributed by atoms with van der Waals surface area (Å²) in [7, 11) is 3.85. The number of hydrogen-bond donors (Lipinski definition) is 1. The molecular formula is C18H19N7O. The Bertz CT molecular complexity index is 936. The van der Waals surface area contributed by atoms with E-state index in [4.69, 9.17) is 0 Å². The predicted molar refractivity (Wildman–Crippen MR) is 96.6 cm³/mol. The third-order valence-electron chi connectivity index (χ3n) is 4.51. The molecular weight excluding hydrogens is 330 g/mol. The first-order valence-electron chi connectivity index (χ1n) is 8.39. The molecule has 0 fully saturated rings. The molecule has 0 saturated carbocycles. The van der Waals surface area contributed by atoms with Crippen LogP contribution in [0, 0.1) is 0 Å². The minimum absolute atomic E-state index is 0.0422. The van der Waals surface area contributed by atoms with Crippen molar-refractivity contribution in [3.63, 3.8) is 0 Å². The molecule has 1 aliphatic rings. The zero-order valence-electron chi connectivity index (χ0n) is 14.7. The zero-order valence-corrected chi connectivity index (χ0v) is 14.7. The number of fused-ring (bicyclic) bond motifs is 1. The molecule has 0 bridgehead atoms. The minimum atomic E-state index is -0.0422. The SMILES string of the molecule is CN(C)c1cc2c(nn1)CCN(C(=O)c1cn[nH]c1-c1ccncc1)C2. The van der Waals surface area contributed by atoms with Crippen molar-refractivity contribution in [2.45, 2.75) is 13.0 Å². The molecule has 1 amide bonds. The number of nitrogens with zero attached hydrogens (tertiary/aromatic N) is 6. The molecule has 1 aliphatic heterocycles. The number of H-pyrrole nitrogens is 1. The average Bonchev–Trinajstić information content (AvgIpc) is 3.17. The number of anilines is 1. The summed E-state index contributed by atoms with van der Waals surface area (Å²) in [6, 6.07) is 5.71. The van der Waals surface area contributed by atoms with Gasteiger partial charge in [-0.15, -0.1) is 5.10 Å². The number of amides is 1. The molecule has 4 rings (SSSR count). The predicted octanol–water partition coefficient (Wildman–Crippen LogP) is 1.53. The lowest BCUT2D eigenvalue weighted by molar-refractivity contribution is 0.0734. The van der Waals surface area contributed by atoms with E-state index in [-0.39, 0.29) is 5.91 Å². The molecule has 0 unspecified atom stereocenters. The van der Waals surface area contributed by atoms with Crippen LogP contribution in [0.3, 0.4) is 0 Å². The highest BCUT2D eigenvalue weighted by atomic mass is 16.2. The Morgan fingerprint density at radius 2 is 2.04 bits per heavy atom. The van der Waals surface area contributed by atoms with Crippen molar-refractivity contribution in [1.29, 1.82) is 0 Å². The normalized spacial score (nSPS) is 13.4. The van der Waals surface area contributed by atoms with Crippen LogP contribution in [0.1, 0.15) is 21.6 Å². The van der Waals surface area contributed by atoms with Crippen LogP contribution in [0.25, 0.3) is 11.3 Å². The van der Waals surface area contributed by atoms with Crippen molar-refractivity contribution in [2.24, 2.45) is 0 Å². The summed E-state index contributed by atoms with van der Waals surface area (Å²) in [6.45, 7) is 1.13. The van der Waals surface area contributed by atoms with E-state index in [0.29, 0.717) is 30.8 Å². The Morgan fingerprint density at radius 1 is 1.23 bits per heavy atom. The molecule has 26 heavy (non-hydrogen) atoms. The minimum Gasteiger partial charge on any atom is -0.361 e. The van der Waals surface area contributed by atoms with E-state index in [2.05, 4.69) is 25.4 Å². The zero-order chi connectivity index (χ0) is 18.1. The van der Waals surface area contributed by atoms with Crippen LogP contribution in [0.2, 0.25) is 0 Å². The first-order chi connectivity index (χ1) is 12.6. The fraction of sp³-hybridized carbons (Fsp3) is 0.278. The Labute approximate surface area is 150 Å². The fourth-order valence-electron chi connectivity index (χ4n) is 3.07. The van der Waals surface area contributed by atoms with E-state index in [9.17, 15) is 4.79 Å². The van der Waals surface area contributed by atoms with Gasteiger partial charge in [0.1, 0.15) is 0 Å². The van der Waals surface area contributed by atoms with Crippen molar-refractivity contribution in [1.82, 2.24) is 30.3 Å². The number of hydrogen-bond acceptors (Lipinski definition) is 6. The molecule has 1 N–H and O–H groups in total. The van der Waals surface area contributed by atoms with Crippen LogP contribution >= 0.6 is 0 Å². The van der Waals surface area contributed by atoms with Gasteiger partial charge in [0, 0.05) is 51.6 Å². The van der Waals surface area contributed by atoms with Gasteiger partial charge in [-0.2, -0.15) is 10.2 Å². The number of nitrogens with one attached hydrogen (secondary N) is 1. The summed E-state index contributed by atoms with van der Waals surface area (Å²) in [5, 5.41) is 15.5. The number of carbonyl (C=O) groups is 1. The quantitative estimate of drug-likeness (QED) is 0.771. The molecule has 0 saturated heterocycles. The first kappa shape index (κ1) is 16.2. The van der Waals surface area contributed by atoms with Crippen molar-refractivity contribution < 1.29 is 4.79 Å². The van der Waals surface area contributed by atoms with Crippen LogP contribution in [0.5, 0.6) is 0 Å². The summed E-state index contributed by atoms with van der Waals surface area (Å²) < 4.78 is 0. The van der Waals surface area contributed by atoms with E-state index in [1.54, 1.807) is 18.6 Å². The second-order valence-electron chi connectivity index (χ2n) is 6.44. The van der Waals surface area contributed by atoms with Crippen molar-refractivity contribution in [3.8, 4) is 11.3 Å². The first-order valence-corrected chi connectivity index (χ1v) is 8.39. The summed E-state index contributed by atoms with van der Waals surface area (Å²) >= 11 is 0. The molecule has 0 aliphatic carbocycles. The van der Waals surface area contributed by atoms with E-state index in [1.165, 1.54) is 0 Å². The topological polar surface area (TPSA) is 90.9 Å². The molecule has 4 heterocycles. The molecule has 132 valence electrons. The van der Waals surface area contributed by atoms with Gasteiger partial charge in [-0.3, -0.25) is 14.9 Å². The number of carbonyl (C=O) groups excluding carboxylic acids is 1. The van der Waals surface area contributed by atoms with Gasteiger partial charge in [0.05, 0.1) is 23.1 Å². The average molecular weight is 349 g/mol. The monoisotopic (exact) mass is 349 g/mol. The number of aromatic amines is 1. The van der Waals surface area contributed by atoms with Crippen LogP contribution in [-0.2, 0) is 13.0 Å². The third kappa shape index (κ3) is 2.90. The molecule has 0 aromatic carbocycles.